The Balaban J connectivity index is 1.76. The number of morpholine rings is 1. The standard InChI is InChI=1S/C17H21BrN2O4S/c1-13-2-7-17(24-13)16(20-8-10-23-11-9-20)12-19-25(21,22)15-5-3-14(18)4-6-15/h2-7,16,19H,8-12H2,1H3/t16-/m0/s1. The van der Waals surface area contributed by atoms with Crippen molar-refractivity contribution in [3.8, 4) is 0 Å². The zero-order chi connectivity index (χ0) is 17.9. The molecule has 0 spiro atoms. The number of aryl methyl sites for hydroxylation is 1. The summed E-state index contributed by atoms with van der Waals surface area (Å²) in [6.45, 7) is 4.87. The molecule has 0 amide bonds. The number of hydrogen-bond donors (Lipinski definition) is 1. The minimum absolute atomic E-state index is 0.164. The van der Waals surface area contributed by atoms with E-state index in [1.54, 1.807) is 24.3 Å². The first-order valence-electron chi connectivity index (χ1n) is 8.09. The molecule has 2 heterocycles. The predicted molar refractivity (Wildman–Crippen MR) is 97.9 cm³/mol. The summed E-state index contributed by atoms with van der Waals surface area (Å²) in [6, 6.07) is 10.2. The highest BCUT2D eigenvalue weighted by Crippen LogP contribution is 2.24. The third-order valence-corrected chi connectivity index (χ3v) is 6.13. The normalized spacial score (nSPS) is 17.5. The van der Waals surface area contributed by atoms with E-state index in [1.807, 2.05) is 19.1 Å². The maximum Gasteiger partial charge on any atom is 0.240 e. The zero-order valence-electron chi connectivity index (χ0n) is 13.9. The van der Waals surface area contributed by atoms with Crippen molar-refractivity contribution in [3.05, 3.63) is 52.4 Å². The van der Waals surface area contributed by atoms with E-state index < -0.39 is 10.0 Å². The first-order valence-corrected chi connectivity index (χ1v) is 10.4. The van der Waals surface area contributed by atoms with Crippen LogP contribution in [-0.2, 0) is 14.8 Å². The molecular weight excluding hydrogens is 408 g/mol. The summed E-state index contributed by atoms with van der Waals surface area (Å²) in [7, 11) is -3.58. The van der Waals surface area contributed by atoms with Crippen LogP contribution in [0, 0.1) is 6.92 Å². The number of sulfonamides is 1. The quantitative estimate of drug-likeness (QED) is 0.765. The van der Waals surface area contributed by atoms with Crippen LogP contribution in [0.5, 0.6) is 0 Å². The lowest BCUT2D eigenvalue weighted by Crippen LogP contribution is -2.43. The molecule has 3 rings (SSSR count). The lowest BCUT2D eigenvalue weighted by atomic mass is 10.2. The Labute approximate surface area is 156 Å². The highest BCUT2D eigenvalue weighted by atomic mass is 79.9. The van der Waals surface area contributed by atoms with E-state index in [0.717, 1.165) is 29.1 Å². The van der Waals surface area contributed by atoms with Crippen LogP contribution in [0.4, 0.5) is 0 Å². The molecule has 1 aromatic heterocycles. The van der Waals surface area contributed by atoms with Gasteiger partial charge in [-0.25, -0.2) is 13.1 Å². The summed E-state index contributed by atoms with van der Waals surface area (Å²) in [5.74, 6) is 1.57. The van der Waals surface area contributed by atoms with Crippen LogP contribution in [0.3, 0.4) is 0 Å². The van der Waals surface area contributed by atoms with Crippen LogP contribution < -0.4 is 4.72 Å². The lowest BCUT2D eigenvalue weighted by molar-refractivity contribution is 0.0127. The molecule has 1 N–H and O–H groups in total. The molecule has 0 aliphatic carbocycles. The van der Waals surface area contributed by atoms with Gasteiger partial charge in [0.15, 0.2) is 0 Å². The molecule has 1 atom stereocenters. The van der Waals surface area contributed by atoms with Crippen molar-refractivity contribution < 1.29 is 17.6 Å². The molecule has 1 saturated heterocycles. The zero-order valence-corrected chi connectivity index (χ0v) is 16.3. The number of nitrogens with one attached hydrogen (secondary N) is 1. The van der Waals surface area contributed by atoms with Crippen LogP contribution in [0.1, 0.15) is 17.6 Å². The van der Waals surface area contributed by atoms with Crippen molar-refractivity contribution in [1.82, 2.24) is 9.62 Å². The fourth-order valence-electron chi connectivity index (χ4n) is 2.82. The average Bonchev–Trinajstić information content (AvgIpc) is 3.02. The van der Waals surface area contributed by atoms with E-state index in [-0.39, 0.29) is 17.5 Å². The second-order valence-electron chi connectivity index (χ2n) is 5.92. The van der Waals surface area contributed by atoms with E-state index in [4.69, 9.17) is 9.15 Å². The van der Waals surface area contributed by atoms with Gasteiger partial charge in [-0.1, -0.05) is 15.9 Å². The van der Waals surface area contributed by atoms with Crippen LogP contribution in [-0.4, -0.2) is 46.2 Å². The fraction of sp³-hybridized carbons (Fsp3) is 0.412. The first kappa shape index (κ1) is 18.6. The molecule has 0 unspecified atom stereocenters. The molecule has 2 aromatic rings. The molecule has 25 heavy (non-hydrogen) atoms. The molecule has 0 saturated carbocycles. The molecule has 1 aliphatic heterocycles. The summed E-state index contributed by atoms with van der Waals surface area (Å²) in [4.78, 5) is 2.43. The molecule has 0 radical (unpaired) electrons. The van der Waals surface area contributed by atoms with Crippen molar-refractivity contribution in [2.45, 2.75) is 17.9 Å². The molecule has 6 nitrogen and oxygen atoms in total. The second kappa shape index (κ2) is 8.01. The summed E-state index contributed by atoms with van der Waals surface area (Å²) in [6.07, 6.45) is 0. The monoisotopic (exact) mass is 428 g/mol. The third-order valence-electron chi connectivity index (χ3n) is 4.17. The smallest absolute Gasteiger partial charge is 0.240 e. The third kappa shape index (κ3) is 4.71. The second-order valence-corrected chi connectivity index (χ2v) is 8.60. The topological polar surface area (TPSA) is 71.8 Å². The van der Waals surface area contributed by atoms with Crippen LogP contribution in [0.15, 0.2) is 50.2 Å². The molecular formula is C17H21BrN2O4S. The van der Waals surface area contributed by atoms with E-state index in [0.29, 0.717) is 13.2 Å². The van der Waals surface area contributed by atoms with E-state index in [1.165, 1.54) is 0 Å². The molecule has 136 valence electrons. The Kier molecular flexibility index (Phi) is 5.96. The highest BCUT2D eigenvalue weighted by molar-refractivity contribution is 9.10. The Bertz CT molecular complexity index is 798. The number of nitrogens with zero attached hydrogens (tertiary/aromatic N) is 1. The van der Waals surface area contributed by atoms with Crippen LogP contribution in [0.25, 0.3) is 0 Å². The maximum absolute atomic E-state index is 12.6. The molecule has 1 aromatic carbocycles. The van der Waals surface area contributed by atoms with Crippen LogP contribution >= 0.6 is 15.9 Å². The van der Waals surface area contributed by atoms with Gasteiger partial charge in [0.05, 0.1) is 24.2 Å². The van der Waals surface area contributed by atoms with E-state index in [9.17, 15) is 8.42 Å². The SMILES string of the molecule is Cc1ccc([C@H](CNS(=O)(=O)c2ccc(Br)cc2)N2CCOCC2)o1. The van der Waals surface area contributed by atoms with Gasteiger partial charge < -0.3 is 9.15 Å². The minimum atomic E-state index is -3.58. The van der Waals surface area contributed by atoms with Crippen LogP contribution in [0.2, 0.25) is 0 Å². The van der Waals surface area contributed by atoms with Gasteiger partial charge in [-0.3, -0.25) is 4.90 Å². The number of ether oxygens (including phenoxy) is 1. The summed E-state index contributed by atoms with van der Waals surface area (Å²) >= 11 is 3.31. The summed E-state index contributed by atoms with van der Waals surface area (Å²) in [5, 5.41) is 0. The van der Waals surface area contributed by atoms with Crippen molar-refractivity contribution in [3.63, 3.8) is 0 Å². The average molecular weight is 429 g/mol. The number of halogens is 1. The first-order chi connectivity index (χ1) is 12.0. The summed E-state index contributed by atoms with van der Waals surface area (Å²) < 4.78 is 39.8. The fourth-order valence-corrected chi connectivity index (χ4v) is 4.12. The van der Waals surface area contributed by atoms with Gasteiger partial charge in [-0.2, -0.15) is 0 Å². The summed E-state index contributed by atoms with van der Waals surface area (Å²) in [5.41, 5.74) is 0. The van der Waals surface area contributed by atoms with Gasteiger partial charge in [-0.05, 0) is 43.3 Å². The van der Waals surface area contributed by atoms with Crippen molar-refractivity contribution in [1.29, 1.82) is 0 Å². The Morgan fingerprint density at radius 3 is 2.44 bits per heavy atom. The van der Waals surface area contributed by atoms with Gasteiger partial charge >= 0.3 is 0 Å². The Morgan fingerprint density at radius 1 is 1.16 bits per heavy atom. The molecule has 0 bridgehead atoms. The van der Waals surface area contributed by atoms with Gasteiger partial charge in [-0.15, -0.1) is 0 Å². The molecule has 8 heteroatoms. The number of hydrogen-bond acceptors (Lipinski definition) is 5. The maximum atomic E-state index is 12.6. The minimum Gasteiger partial charge on any atom is -0.465 e. The van der Waals surface area contributed by atoms with Crippen molar-refractivity contribution in [2.75, 3.05) is 32.8 Å². The van der Waals surface area contributed by atoms with Gasteiger partial charge in [0, 0.05) is 24.1 Å². The van der Waals surface area contributed by atoms with Crippen molar-refractivity contribution >= 4 is 26.0 Å². The Hall–Kier alpha value is -1.19. The largest absolute Gasteiger partial charge is 0.465 e. The number of benzene rings is 1. The van der Waals surface area contributed by atoms with Gasteiger partial charge in [0.2, 0.25) is 10.0 Å². The van der Waals surface area contributed by atoms with E-state index in [2.05, 4.69) is 25.6 Å². The van der Waals surface area contributed by atoms with Gasteiger partial charge in [0.1, 0.15) is 11.5 Å². The van der Waals surface area contributed by atoms with E-state index >= 15 is 0 Å². The number of rotatable bonds is 6. The highest BCUT2D eigenvalue weighted by Gasteiger charge is 2.27. The molecule has 1 fully saturated rings. The number of furan rings is 1. The predicted octanol–water partition coefficient (Wildman–Crippen LogP) is 2.70. The lowest BCUT2D eigenvalue weighted by Gasteiger charge is -2.33. The Morgan fingerprint density at radius 2 is 1.84 bits per heavy atom. The van der Waals surface area contributed by atoms with Gasteiger partial charge in [0.25, 0.3) is 0 Å². The van der Waals surface area contributed by atoms with Crippen molar-refractivity contribution in [2.24, 2.45) is 0 Å². The molecule has 1 aliphatic rings.